The van der Waals surface area contributed by atoms with Gasteiger partial charge in [-0.2, -0.15) is 0 Å². The minimum Gasteiger partial charge on any atom is -0.372 e. The van der Waals surface area contributed by atoms with Gasteiger partial charge in [0.2, 0.25) is 5.91 Å². The Bertz CT molecular complexity index is 473. The second-order valence-electron chi connectivity index (χ2n) is 4.92. The molecule has 1 saturated heterocycles. The lowest BCUT2D eigenvalue weighted by molar-refractivity contribution is -0.121. The summed E-state index contributed by atoms with van der Waals surface area (Å²) in [6, 6.07) is 6.17. The molecule has 2 aliphatic rings. The van der Waals surface area contributed by atoms with Crippen LogP contribution in [0, 0.1) is 0 Å². The highest BCUT2D eigenvalue weighted by molar-refractivity contribution is 5.98. The number of nitrogens with one attached hydrogen (secondary N) is 1. The number of rotatable bonds is 2. The number of carbonyl (C=O) groups is 1. The maximum Gasteiger partial charge on any atom is 0.244 e. The van der Waals surface area contributed by atoms with Crippen LogP contribution in [0.15, 0.2) is 18.2 Å². The lowest BCUT2D eigenvalue weighted by Crippen LogP contribution is -2.49. The monoisotopic (exact) mass is 246 g/mol. The molecule has 2 heterocycles. The second-order valence-corrected chi connectivity index (χ2v) is 4.92. The van der Waals surface area contributed by atoms with E-state index in [0.29, 0.717) is 13.2 Å². The number of hydrogen-bond donors (Lipinski definition) is 1. The molecule has 0 radical (unpaired) electrons. The van der Waals surface area contributed by atoms with Crippen molar-refractivity contribution in [3.63, 3.8) is 0 Å². The molecule has 0 aromatic heterocycles. The lowest BCUT2D eigenvalue weighted by Gasteiger charge is -2.32. The van der Waals surface area contributed by atoms with E-state index in [1.807, 2.05) is 18.0 Å². The minimum absolute atomic E-state index is 0.0387. The molecule has 1 aromatic carbocycles. The van der Waals surface area contributed by atoms with Gasteiger partial charge < -0.3 is 15.0 Å². The Morgan fingerprint density at radius 2 is 2.17 bits per heavy atom. The molecule has 0 bridgehead atoms. The van der Waals surface area contributed by atoms with Crippen LogP contribution in [0.25, 0.3) is 0 Å². The number of nitrogens with zero attached hydrogens (tertiary/aromatic N) is 1. The van der Waals surface area contributed by atoms with E-state index in [4.69, 9.17) is 4.74 Å². The van der Waals surface area contributed by atoms with Crippen molar-refractivity contribution in [2.45, 2.75) is 32.1 Å². The molecule has 0 aliphatic carbocycles. The maximum atomic E-state index is 12.3. The molecule has 1 amide bonds. The molecule has 1 N–H and O–H groups in total. The molecule has 0 saturated carbocycles. The average molecular weight is 246 g/mol. The zero-order valence-electron chi connectivity index (χ0n) is 10.6. The highest BCUT2D eigenvalue weighted by Gasteiger charge is 2.28. The van der Waals surface area contributed by atoms with Gasteiger partial charge >= 0.3 is 0 Å². The Morgan fingerprint density at radius 3 is 3.00 bits per heavy atom. The third-order valence-corrected chi connectivity index (χ3v) is 3.80. The van der Waals surface area contributed by atoms with Gasteiger partial charge in [-0.25, -0.2) is 0 Å². The average Bonchev–Trinajstić information content (AvgIpc) is 2.86. The summed E-state index contributed by atoms with van der Waals surface area (Å²) in [5, 5.41) is 3.09. The zero-order chi connectivity index (χ0) is 12.5. The van der Waals surface area contributed by atoms with Crippen LogP contribution in [0.2, 0.25) is 0 Å². The summed E-state index contributed by atoms with van der Waals surface area (Å²) in [6.07, 6.45) is 1.98. The third kappa shape index (κ3) is 1.91. The number of carbonyl (C=O) groups excluding carboxylic acids is 1. The molecule has 4 heteroatoms. The molecule has 1 atom stereocenters. The fourth-order valence-electron chi connectivity index (χ4n) is 2.73. The summed E-state index contributed by atoms with van der Waals surface area (Å²) < 4.78 is 5.41. The van der Waals surface area contributed by atoms with Crippen LogP contribution in [-0.2, 0) is 22.7 Å². The standard InChI is InChI=1S/C14H18N2O2/c1-15-13-3-2-6-16(14(13)17)12-5-4-10-8-18-9-11(10)7-12/h4-5,7,13,15H,2-3,6,8-9H2,1H3. The van der Waals surface area contributed by atoms with Crippen LogP contribution in [0.3, 0.4) is 0 Å². The molecule has 2 aliphatic heterocycles. The summed E-state index contributed by atoms with van der Waals surface area (Å²) in [5.74, 6) is 0.183. The van der Waals surface area contributed by atoms with Crippen LogP contribution in [0.1, 0.15) is 24.0 Å². The summed E-state index contributed by atoms with van der Waals surface area (Å²) in [7, 11) is 1.85. The van der Waals surface area contributed by atoms with Crippen LogP contribution < -0.4 is 10.2 Å². The summed E-state index contributed by atoms with van der Waals surface area (Å²) in [4.78, 5) is 14.2. The molecule has 1 aromatic rings. The van der Waals surface area contributed by atoms with Crippen LogP contribution in [0.5, 0.6) is 0 Å². The number of hydrogen-bond acceptors (Lipinski definition) is 3. The lowest BCUT2D eigenvalue weighted by atomic mass is 10.0. The maximum absolute atomic E-state index is 12.3. The molecular formula is C14H18N2O2. The molecule has 3 rings (SSSR count). The predicted molar refractivity (Wildman–Crippen MR) is 69.4 cm³/mol. The molecule has 18 heavy (non-hydrogen) atoms. The number of benzene rings is 1. The van der Waals surface area contributed by atoms with E-state index in [1.54, 1.807) is 0 Å². The van der Waals surface area contributed by atoms with E-state index in [-0.39, 0.29) is 11.9 Å². The van der Waals surface area contributed by atoms with Crippen molar-refractivity contribution in [2.75, 3.05) is 18.5 Å². The number of amides is 1. The molecule has 96 valence electrons. The third-order valence-electron chi connectivity index (χ3n) is 3.80. The quantitative estimate of drug-likeness (QED) is 0.858. The first kappa shape index (κ1) is 11.7. The van der Waals surface area contributed by atoms with Crippen molar-refractivity contribution in [3.8, 4) is 0 Å². The van der Waals surface area contributed by atoms with Gasteiger partial charge in [0.25, 0.3) is 0 Å². The highest BCUT2D eigenvalue weighted by Crippen LogP contribution is 2.27. The van der Waals surface area contributed by atoms with Crippen molar-refractivity contribution in [2.24, 2.45) is 0 Å². The minimum atomic E-state index is -0.0387. The van der Waals surface area contributed by atoms with E-state index in [2.05, 4.69) is 17.4 Å². The molecule has 1 unspecified atom stereocenters. The first-order valence-electron chi connectivity index (χ1n) is 6.48. The van der Waals surface area contributed by atoms with Crippen LogP contribution >= 0.6 is 0 Å². The van der Waals surface area contributed by atoms with E-state index >= 15 is 0 Å². The van der Waals surface area contributed by atoms with Gasteiger partial charge in [-0.05, 0) is 43.1 Å². The number of fused-ring (bicyclic) bond motifs is 1. The molecule has 1 fully saturated rings. The molecule has 0 spiro atoms. The number of anilines is 1. The Hall–Kier alpha value is -1.39. The van der Waals surface area contributed by atoms with Crippen molar-refractivity contribution in [1.82, 2.24) is 5.32 Å². The zero-order valence-corrected chi connectivity index (χ0v) is 10.6. The van der Waals surface area contributed by atoms with Crippen molar-refractivity contribution in [3.05, 3.63) is 29.3 Å². The van der Waals surface area contributed by atoms with Crippen molar-refractivity contribution < 1.29 is 9.53 Å². The fourth-order valence-corrected chi connectivity index (χ4v) is 2.73. The Labute approximate surface area is 107 Å². The Morgan fingerprint density at radius 1 is 1.33 bits per heavy atom. The molecular weight excluding hydrogens is 228 g/mol. The van der Waals surface area contributed by atoms with Crippen LogP contribution in [0.4, 0.5) is 5.69 Å². The van der Waals surface area contributed by atoms with Gasteiger partial charge in [0, 0.05) is 12.2 Å². The Kier molecular flexibility index (Phi) is 3.06. The van der Waals surface area contributed by atoms with Gasteiger partial charge in [0.05, 0.1) is 19.3 Å². The number of ether oxygens (including phenoxy) is 1. The number of likely N-dealkylation sites (N-methyl/N-ethyl adjacent to an activating group) is 1. The van der Waals surface area contributed by atoms with Gasteiger partial charge in [0.15, 0.2) is 0 Å². The first-order chi connectivity index (χ1) is 8.79. The summed E-state index contributed by atoms with van der Waals surface area (Å²) in [5.41, 5.74) is 3.46. The SMILES string of the molecule is CNC1CCCN(c2ccc3c(c2)COC3)C1=O. The van der Waals surface area contributed by atoms with E-state index in [9.17, 15) is 4.79 Å². The Balaban J connectivity index is 1.87. The largest absolute Gasteiger partial charge is 0.372 e. The smallest absolute Gasteiger partial charge is 0.244 e. The van der Waals surface area contributed by atoms with Gasteiger partial charge in [0.1, 0.15) is 0 Å². The van der Waals surface area contributed by atoms with Crippen LogP contribution in [-0.4, -0.2) is 25.5 Å². The fraction of sp³-hybridized carbons (Fsp3) is 0.500. The molecule has 4 nitrogen and oxygen atoms in total. The van der Waals surface area contributed by atoms with E-state index in [0.717, 1.165) is 25.1 Å². The predicted octanol–water partition coefficient (Wildman–Crippen LogP) is 1.43. The van der Waals surface area contributed by atoms with Crippen molar-refractivity contribution >= 4 is 11.6 Å². The van der Waals surface area contributed by atoms with E-state index in [1.165, 1.54) is 11.1 Å². The van der Waals surface area contributed by atoms with Gasteiger partial charge in [-0.3, -0.25) is 4.79 Å². The first-order valence-corrected chi connectivity index (χ1v) is 6.48. The topological polar surface area (TPSA) is 41.6 Å². The summed E-state index contributed by atoms with van der Waals surface area (Å²) in [6.45, 7) is 2.18. The number of piperidine rings is 1. The summed E-state index contributed by atoms with van der Waals surface area (Å²) >= 11 is 0. The second kappa shape index (κ2) is 4.71. The normalized spacial score (nSPS) is 23.3. The highest BCUT2D eigenvalue weighted by atomic mass is 16.5. The van der Waals surface area contributed by atoms with E-state index < -0.39 is 0 Å². The van der Waals surface area contributed by atoms with Gasteiger partial charge in [-0.15, -0.1) is 0 Å². The van der Waals surface area contributed by atoms with Crippen molar-refractivity contribution in [1.29, 1.82) is 0 Å². The van der Waals surface area contributed by atoms with Gasteiger partial charge in [-0.1, -0.05) is 6.07 Å².